The van der Waals surface area contributed by atoms with Crippen molar-refractivity contribution in [3.05, 3.63) is 50.4 Å². The number of carboxylic acid groups (broad SMARTS) is 1. The Hall–Kier alpha value is -1.40. The molecule has 1 atom stereocenters. The van der Waals surface area contributed by atoms with Crippen molar-refractivity contribution in [3.8, 4) is 0 Å². The first-order valence-corrected chi connectivity index (χ1v) is 8.23. The van der Waals surface area contributed by atoms with E-state index in [1.807, 2.05) is 17.5 Å². The molecule has 112 valence electrons. The molecule has 1 unspecified atom stereocenters. The van der Waals surface area contributed by atoms with E-state index in [1.165, 1.54) is 12.1 Å². The predicted molar refractivity (Wildman–Crippen MR) is 86.7 cm³/mol. The van der Waals surface area contributed by atoms with E-state index in [0.29, 0.717) is 5.69 Å². The summed E-state index contributed by atoms with van der Waals surface area (Å²) in [6.07, 6.45) is 1.84. The van der Waals surface area contributed by atoms with Crippen LogP contribution in [0.15, 0.2) is 34.1 Å². The third kappa shape index (κ3) is 3.63. The minimum absolute atomic E-state index is 0.0204. The van der Waals surface area contributed by atoms with Crippen LogP contribution in [-0.4, -0.2) is 11.1 Å². The standard InChI is InChI=1S/C15H15BrFNO2S/c1-2-4-10(12-5-3-8-21-12)18-11-7-6-9(15(19)20)13(16)14(11)17/h3,5-8,10,18H,2,4H2,1H3,(H,19,20). The summed E-state index contributed by atoms with van der Waals surface area (Å²) in [5, 5.41) is 14.1. The first kappa shape index (κ1) is 16.0. The summed E-state index contributed by atoms with van der Waals surface area (Å²) in [4.78, 5) is 12.1. The van der Waals surface area contributed by atoms with E-state index in [4.69, 9.17) is 5.11 Å². The predicted octanol–water partition coefficient (Wildman–Crippen LogP) is 5.30. The van der Waals surface area contributed by atoms with E-state index in [0.717, 1.165) is 17.7 Å². The number of thiophene rings is 1. The zero-order valence-corrected chi connectivity index (χ0v) is 13.8. The van der Waals surface area contributed by atoms with Crippen LogP contribution < -0.4 is 5.32 Å². The van der Waals surface area contributed by atoms with Gasteiger partial charge in [-0.05, 0) is 45.9 Å². The molecule has 1 aromatic carbocycles. The molecule has 0 radical (unpaired) electrons. The monoisotopic (exact) mass is 371 g/mol. The van der Waals surface area contributed by atoms with Crippen molar-refractivity contribution in [3.63, 3.8) is 0 Å². The lowest BCUT2D eigenvalue weighted by Gasteiger charge is -2.19. The molecule has 0 aliphatic carbocycles. The largest absolute Gasteiger partial charge is 0.478 e. The number of carbonyl (C=O) groups is 1. The van der Waals surface area contributed by atoms with Crippen molar-refractivity contribution in [2.75, 3.05) is 5.32 Å². The van der Waals surface area contributed by atoms with Gasteiger partial charge in [-0.1, -0.05) is 19.4 Å². The molecule has 0 saturated heterocycles. The maximum Gasteiger partial charge on any atom is 0.336 e. The Morgan fingerprint density at radius 2 is 2.24 bits per heavy atom. The summed E-state index contributed by atoms with van der Waals surface area (Å²) in [6, 6.07) is 6.86. The molecule has 0 aliphatic rings. The molecule has 2 rings (SSSR count). The van der Waals surface area contributed by atoms with Gasteiger partial charge >= 0.3 is 5.97 Å². The molecule has 0 fully saturated rings. The molecular weight excluding hydrogens is 357 g/mol. The van der Waals surface area contributed by atoms with Crippen molar-refractivity contribution >= 4 is 38.9 Å². The molecule has 3 nitrogen and oxygen atoms in total. The van der Waals surface area contributed by atoms with Crippen LogP contribution in [-0.2, 0) is 0 Å². The summed E-state index contributed by atoms with van der Waals surface area (Å²) in [6.45, 7) is 2.07. The Morgan fingerprint density at radius 3 is 2.81 bits per heavy atom. The summed E-state index contributed by atoms with van der Waals surface area (Å²) in [5.74, 6) is -1.73. The van der Waals surface area contributed by atoms with Gasteiger partial charge in [0.2, 0.25) is 0 Å². The van der Waals surface area contributed by atoms with E-state index in [9.17, 15) is 9.18 Å². The van der Waals surface area contributed by atoms with E-state index in [2.05, 4.69) is 28.2 Å². The highest BCUT2D eigenvalue weighted by Crippen LogP contribution is 2.32. The smallest absolute Gasteiger partial charge is 0.336 e. The molecule has 0 saturated carbocycles. The number of rotatable bonds is 6. The van der Waals surface area contributed by atoms with Crippen LogP contribution in [0.2, 0.25) is 0 Å². The van der Waals surface area contributed by atoms with Crippen LogP contribution >= 0.6 is 27.3 Å². The Bertz CT molecular complexity index is 631. The minimum atomic E-state index is -1.16. The fraction of sp³-hybridized carbons (Fsp3) is 0.267. The van der Waals surface area contributed by atoms with Crippen molar-refractivity contribution in [1.29, 1.82) is 0 Å². The number of halogens is 2. The Labute approximate surface area is 134 Å². The van der Waals surface area contributed by atoms with Crippen LogP contribution in [0.5, 0.6) is 0 Å². The van der Waals surface area contributed by atoms with Gasteiger partial charge in [-0.15, -0.1) is 11.3 Å². The molecule has 2 N–H and O–H groups in total. The number of aromatic carboxylic acids is 1. The molecule has 0 amide bonds. The lowest BCUT2D eigenvalue weighted by atomic mass is 10.1. The quantitative estimate of drug-likeness (QED) is 0.723. The SMILES string of the molecule is CCCC(Nc1ccc(C(=O)O)c(Br)c1F)c1cccs1. The second-order valence-electron chi connectivity index (χ2n) is 4.59. The van der Waals surface area contributed by atoms with Gasteiger partial charge in [0.25, 0.3) is 0 Å². The van der Waals surface area contributed by atoms with Gasteiger partial charge in [0.15, 0.2) is 5.82 Å². The molecule has 6 heteroatoms. The van der Waals surface area contributed by atoms with Crippen molar-refractivity contribution in [2.24, 2.45) is 0 Å². The van der Waals surface area contributed by atoms with Crippen LogP contribution in [0, 0.1) is 5.82 Å². The third-order valence-electron chi connectivity index (χ3n) is 3.11. The summed E-state index contributed by atoms with van der Waals surface area (Å²) in [5.41, 5.74) is 0.222. The zero-order chi connectivity index (χ0) is 15.4. The molecule has 0 spiro atoms. The number of hydrogen-bond donors (Lipinski definition) is 2. The second-order valence-corrected chi connectivity index (χ2v) is 6.37. The Balaban J connectivity index is 2.29. The van der Waals surface area contributed by atoms with E-state index in [1.54, 1.807) is 11.3 Å². The first-order chi connectivity index (χ1) is 10.0. The summed E-state index contributed by atoms with van der Waals surface area (Å²) >= 11 is 4.63. The fourth-order valence-corrected chi connectivity index (χ4v) is 3.41. The van der Waals surface area contributed by atoms with Crippen LogP contribution in [0.1, 0.15) is 41.0 Å². The summed E-state index contributed by atoms with van der Waals surface area (Å²) < 4.78 is 14.3. The minimum Gasteiger partial charge on any atom is -0.478 e. The van der Waals surface area contributed by atoms with Gasteiger partial charge < -0.3 is 10.4 Å². The molecular formula is C15H15BrFNO2S. The Kier molecular flexibility index (Phi) is 5.36. The van der Waals surface area contributed by atoms with Crippen LogP contribution in [0.3, 0.4) is 0 Å². The fourth-order valence-electron chi connectivity index (χ4n) is 2.08. The van der Waals surface area contributed by atoms with Gasteiger partial charge in [0.1, 0.15) is 0 Å². The average molecular weight is 372 g/mol. The lowest BCUT2D eigenvalue weighted by Crippen LogP contribution is -2.11. The van der Waals surface area contributed by atoms with Gasteiger partial charge in [-0.25, -0.2) is 9.18 Å². The van der Waals surface area contributed by atoms with Gasteiger partial charge in [-0.3, -0.25) is 0 Å². The Morgan fingerprint density at radius 1 is 1.48 bits per heavy atom. The van der Waals surface area contributed by atoms with Crippen LogP contribution in [0.4, 0.5) is 10.1 Å². The van der Waals surface area contributed by atoms with Crippen molar-refractivity contribution in [1.82, 2.24) is 0 Å². The van der Waals surface area contributed by atoms with Crippen molar-refractivity contribution < 1.29 is 14.3 Å². The highest BCUT2D eigenvalue weighted by molar-refractivity contribution is 9.10. The van der Waals surface area contributed by atoms with Crippen molar-refractivity contribution in [2.45, 2.75) is 25.8 Å². The molecule has 1 heterocycles. The second kappa shape index (κ2) is 7.04. The molecule has 1 aromatic heterocycles. The third-order valence-corrected chi connectivity index (χ3v) is 4.87. The number of nitrogens with one attached hydrogen (secondary N) is 1. The summed E-state index contributed by atoms with van der Waals surface area (Å²) in [7, 11) is 0. The number of anilines is 1. The van der Waals surface area contributed by atoms with Gasteiger partial charge in [0.05, 0.1) is 21.8 Å². The molecule has 0 bridgehead atoms. The number of benzene rings is 1. The van der Waals surface area contributed by atoms with E-state index >= 15 is 0 Å². The molecule has 2 aromatic rings. The normalized spacial score (nSPS) is 12.1. The number of hydrogen-bond acceptors (Lipinski definition) is 3. The maximum absolute atomic E-state index is 14.3. The average Bonchev–Trinajstić information content (AvgIpc) is 2.97. The molecule has 0 aliphatic heterocycles. The highest BCUT2D eigenvalue weighted by atomic mass is 79.9. The van der Waals surface area contributed by atoms with Gasteiger partial charge in [0, 0.05) is 4.88 Å². The van der Waals surface area contributed by atoms with E-state index in [-0.39, 0.29) is 16.1 Å². The highest BCUT2D eigenvalue weighted by Gasteiger charge is 2.19. The molecule has 21 heavy (non-hydrogen) atoms. The van der Waals surface area contributed by atoms with Crippen LogP contribution in [0.25, 0.3) is 0 Å². The topological polar surface area (TPSA) is 49.3 Å². The maximum atomic E-state index is 14.3. The van der Waals surface area contributed by atoms with E-state index < -0.39 is 11.8 Å². The number of carboxylic acids is 1. The first-order valence-electron chi connectivity index (χ1n) is 6.55. The zero-order valence-electron chi connectivity index (χ0n) is 11.4. The van der Waals surface area contributed by atoms with Gasteiger partial charge in [-0.2, -0.15) is 0 Å². The lowest BCUT2D eigenvalue weighted by molar-refractivity contribution is 0.0695.